The Kier molecular flexibility index (Phi) is 4.71. The molecule has 0 bridgehead atoms. The van der Waals surface area contributed by atoms with E-state index in [0.29, 0.717) is 11.8 Å². The lowest BCUT2D eigenvalue weighted by atomic mass is 9.85. The Balaban J connectivity index is 1.43. The van der Waals surface area contributed by atoms with E-state index < -0.39 is 0 Å². The average molecular weight is 292 g/mol. The van der Waals surface area contributed by atoms with Crippen LogP contribution in [-0.4, -0.2) is 17.4 Å². The number of thiazole rings is 1. The minimum Gasteiger partial charge on any atom is -0.355 e. The molecule has 2 aliphatic carbocycles. The highest BCUT2D eigenvalue weighted by molar-refractivity contribution is 7.09. The van der Waals surface area contributed by atoms with Crippen molar-refractivity contribution in [2.45, 2.75) is 63.7 Å². The SMILES string of the molecule is O=C(NCCc1nc(C2CCCCC2)cs1)C1CCC1. The molecule has 0 saturated heterocycles. The summed E-state index contributed by atoms with van der Waals surface area (Å²) in [4.78, 5) is 16.5. The van der Waals surface area contributed by atoms with Crippen molar-refractivity contribution in [2.24, 2.45) is 5.92 Å². The van der Waals surface area contributed by atoms with Crippen LogP contribution in [0.15, 0.2) is 5.38 Å². The van der Waals surface area contributed by atoms with Crippen molar-refractivity contribution in [3.8, 4) is 0 Å². The van der Waals surface area contributed by atoms with Gasteiger partial charge >= 0.3 is 0 Å². The van der Waals surface area contributed by atoms with Crippen LogP contribution in [0.2, 0.25) is 0 Å². The second-order valence-corrected chi connectivity index (χ2v) is 7.11. The summed E-state index contributed by atoms with van der Waals surface area (Å²) in [5, 5.41) is 6.46. The van der Waals surface area contributed by atoms with Crippen LogP contribution >= 0.6 is 11.3 Å². The van der Waals surface area contributed by atoms with Crippen LogP contribution in [0.25, 0.3) is 0 Å². The van der Waals surface area contributed by atoms with Gasteiger partial charge in [0.1, 0.15) is 0 Å². The first-order valence-corrected chi connectivity index (χ1v) is 8.93. The van der Waals surface area contributed by atoms with Crippen molar-refractivity contribution in [1.82, 2.24) is 10.3 Å². The summed E-state index contributed by atoms with van der Waals surface area (Å²) < 4.78 is 0. The zero-order valence-corrected chi connectivity index (χ0v) is 12.9. The molecule has 0 radical (unpaired) electrons. The van der Waals surface area contributed by atoms with Crippen molar-refractivity contribution >= 4 is 17.2 Å². The smallest absolute Gasteiger partial charge is 0.223 e. The number of aromatic nitrogens is 1. The average Bonchev–Trinajstić information content (AvgIpc) is 2.86. The third-order valence-corrected chi connectivity index (χ3v) is 5.63. The summed E-state index contributed by atoms with van der Waals surface area (Å²) in [6, 6.07) is 0. The summed E-state index contributed by atoms with van der Waals surface area (Å²) in [5.74, 6) is 1.24. The monoisotopic (exact) mass is 292 g/mol. The van der Waals surface area contributed by atoms with E-state index in [1.54, 1.807) is 11.3 Å². The molecule has 1 N–H and O–H groups in total. The van der Waals surface area contributed by atoms with Gasteiger partial charge in [0.2, 0.25) is 5.91 Å². The summed E-state index contributed by atoms with van der Waals surface area (Å²) in [6.45, 7) is 0.743. The number of amides is 1. The van der Waals surface area contributed by atoms with Gasteiger partial charge in [0.15, 0.2) is 0 Å². The minimum absolute atomic E-state index is 0.250. The highest BCUT2D eigenvalue weighted by Crippen LogP contribution is 2.33. The largest absolute Gasteiger partial charge is 0.355 e. The fourth-order valence-electron chi connectivity index (χ4n) is 3.13. The topological polar surface area (TPSA) is 42.0 Å². The summed E-state index contributed by atoms with van der Waals surface area (Å²) in [5.41, 5.74) is 1.30. The third-order valence-electron chi connectivity index (χ3n) is 4.71. The van der Waals surface area contributed by atoms with Crippen molar-refractivity contribution in [3.63, 3.8) is 0 Å². The van der Waals surface area contributed by atoms with Gasteiger partial charge in [0.05, 0.1) is 10.7 Å². The van der Waals surface area contributed by atoms with Crippen molar-refractivity contribution in [1.29, 1.82) is 0 Å². The molecule has 110 valence electrons. The quantitative estimate of drug-likeness (QED) is 0.900. The maximum Gasteiger partial charge on any atom is 0.223 e. The van der Waals surface area contributed by atoms with Gasteiger partial charge in [-0.1, -0.05) is 25.7 Å². The molecule has 3 nitrogen and oxygen atoms in total. The molecule has 2 aliphatic rings. The van der Waals surface area contributed by atoms with E-state index in [4.69, 9.17) is 4.98 Å². The van der Waals surface area contributed by atoms with E-state index in [1.165, 1.54) is 49.2 Å². The first-order valence-electron chi connectivity index (χ1n) is 8.05. The van der Waals surface area contributed by atoms with Gasteiger partial charge in [0, 0.05) is 30.2 Å². The van der Waals surface area contributed by atoms with E-state index in [1.807, 2.05) is 0 Å². The molecular formula is C16H24N2OS. The third kappa shape index (κ3) is 3.40. The lowest BCUT2D eigenvalue weighted by Gasteiger charge is -2.23. The summed E-state index contributed by atoms with van der Waals surface area (Å²) in [7, 11) is 0. The molecule has 20 heavy (non-hydrogen) atoms. The lowest BCUT2D eigenvalue weighted by Crippen LogP contribution is -2.35. The molecule has 0 unspecified atom stereocenters. The van der Waals surface area contributed by atoms with Crippen molar-refractivity contribution in [3.05, 3.63) is 16.1 Å². The second kappa shape index (κ2) is 6.70. The highest BCUT2D eigenvalue weighted by atomic mass is 32.1. The van der Waals surface area contributed by atoms with Gasteiger partial charge in [-0.15, -0.1) is 11.3 Å². The van der Waals surface area contributed by atoms with Crippen LogP contribution in [0.1, 0.15) is 68.0 Å². The molecule has 3 rings (SSSR count). The zero-order valence-electron chi connectivity index (χ0n) is 12.1. The number of hydrogen-bond acceptors (Lipinski definition) is 3. The molecule has 1 aromatic rings. The van der Waals surface area contributed by atoms with E-state index in [-0.39, 0.29) is 5.91 Å². The van der Waals surface area contributed by atoms with Crippen molar-refractivity contribution < 1.29 is 4.79 Å². The second-order valence-electron chi connectivity index (χ2n) is 6.17. The standard InChI is InChI=1S/C16H24N2OS/c19-16(13-7-4-8-13)17-10-9-15-18-14(11-20-15)12-5-2-1-3-6-12/h11-13H,1-10H2,(H,17,19). The number of hydrogen-bond donors (Lipinski definition) is 1. The molecule has 0 aliphatic heterocycles. The number of carbonyl (C=O) groups excluding carboxylic acids is 1. The summed E-state index contributed by atoms with van der Waals surface area (Å²) in [6.07, 6.45) is 11.0. The Morgan fingerprint density at radius 2 is 2.00 bits per heavy atom. The predicted molar refractivity (Wildman–Crippen MR) is 82.0 cm³/mol. The Labute approximate surface area is 125 Å². The number of nitrogens with zero attached hydrogens (tertiary/aromatic N) is 1. The molecule has 0 spiro atoms. The Morgan fingerprint density at radius 1 is 1.20 bits per heavy atom. The number of carbonyl (C=O) groups is 1. The first-order chi connectivity index (χ1) is 9.83. The van der Waals surface area contributed by atoms with Gasteiger partial charge in [0.25, 0.3) is 0 Å². The van der Waals surface area contributed by atoms with Gasteiger partial charge in [-0.05, 0) is 25.7 Å². The van der Waals surface area contributed by atoms with Crippen LogP contribution in [0.4, 0.5) is 0 Å². The molecule has 1 amide bonds. The van der Waals surface area contributed by atoms with E-state index in [9.17, 15) is 4.79 Å². The van der Waals surface area contributed by atoms with Crippen molar-refractivity contribution in [2.75, 3.05) is 6.54 Å². The molecule has 0 atom stereocenters. The van der Waals surface area contributed by atoms with E-state index >= 15 is 0 Å². The van der Waals surface area contributed by atoms with Gasteiger partial charge in [-0.3, -0.25) is 4.79 Å². The predicted octanol–water partition coefficient (Wildman–Crippen LogP) is 3.65. The summed E-state index contributed by atoms with van der Waals surface area (Å²) >= 11 is 1.76. The molecule has 1 heterocycles. The minimum atomic E-state index is 0.250. The van der Waals surface area contributed by atoms with E-state index in [2.05, 4.69) is 10.7 Å². The molecule has 2 fully saturated rings. The van der Waals surface area contributed by atoms with Gasteiger partial charge in [-0.25, -0.2) is 4.98 Å². The molecule has 2 saturated carbocycles. The fourth-order valence-corrected chi connectivity index (χ4v) is 4.01. The molecule has 4 heteroatoms. The van der Waals surface area contributed by atoms with Crippen LogP contribution < -0.4 is 5.32 Å². The highest BCUT2D eigenvalue weighted by Gasteiger charge is 2.24. The number of rotatable bonds is 5. The Morgan fingerprint density at radius 3 is 2.70 bits per heavy atom. The molecule has 1 aromatic heterocycles. The van der Waals surface area contributed by atoms with Crippen LogP contribution in [0, 0.1) is 5.92 Å². The number of nitrogens with one attached hydrogen (secondary N) is 1. The lowest BCUT2D eigenvalue weighted by molar-refractivity contribution is -0.127. The Hall–Kier alpha value is -0.900. The fraction of sp³-hybridized carbons (Fsp3) is 0.750. The van der Waals surface area contributed by atoms with Crippen LogP contribution in [0.5, 0.6) is 0 Å². The maximum atomic E-state index is 11.7. The zero-order chi connectivity index (χ0) is 13.8. The van der Waals surface area contributed by atoms with E-state index in [0.717, 1.165) is 25.8 Å². The van der Waals surface area contributed by atoms with Gasteiger partial charge < -0.3 is 5.32 Å². The first kappa shape index (κ1) is 14.1. The van der Waals surface area contributed by atoms with Crippen LogP contribution in [0.3, 0.4) is 0 Å². The normalized spacial score (nSPS) is 20.6. The van der Waals surface area contributed by atoms with Crippen LogP contribution in [-0.2, 0) is 11.2 Å². The van der Waals surface area contributed by atoms with Gasteiger partial charge in [-0.2, -0.15) is 0 Å². The molecular weight excluding hydrogens is 268 g/mol. The molecule has 0 aromatic carbocycles. The maximum absolute atomic E-state index is 11.7. The Bertz CT molecular complexity index is 447.